The molecule has 1 saturated heterocycles. The van der Waals surface area contributed by atoms with Gasteiger partial charge in [0.1, 0.15) is 0 Å². The van der Waals surface area contributed by atoms with E-state index in [1.807, 2.05) is 12.1 Å². The lowest BCUT2D eigenvalue weighted by Gasteiger charge is -2.15. The number of hydrogen-bond donors (Lipinski definition) is 2. The van der Waals surface area contributed by atoms with Crippen LogP contribution in [0.1, 0.15) is 0 Å². The van der Waals surface area contributed by atoms with Crippen molar-refractivity contribution in [3.63, 3.8) is 0 Å². The molecule has 1 aliphatic heterocycles. The molecular formula is C9H12N2O2. The van der Waals surface area contributed by atoms with Gasteiger partial charge in [-0.3, -0.25) is 4.98 Å². The highest BCUT2D eigenvalue weighted by molar-refractivity contribution is 5.42. The van der Waals surface area contributed by atoms with Gasteiger partial charge in [-0.2, -0.15) is 0 Å². The summed E-state index contributed by atoms with van der Waals surface area (Å²) in [4.78, 5) is 3.91. The molecule has 0 amide bonds. The molecule has 0 saturated carbocycles. The molecule has 70 valence electrons. The maximum absolute atomic E-state index is 9.45. The Labute approximate surface area is 76.6 Å². The molecule has 0 aromatic carbocycles. The smallest absolute Gasteiger partial charge is 0.0996 e. The van der Waals surface area contributed by atoms with Gasteiger partial charge in [-0.25, -0.2) is 0 Å². The number of hydrogen-bond acceptors (Lipinski definition) is 4. The minimum atomic E-state index is -0.409. The first kappa shape index (κ1) is 8.47. The molecule has 13 heavy (non-hydrogen) atoms. The number of aliphatic hydroxyl groups is 1. The van der Waals surface area contributed by atoms with Crippen LogP contribution in [0.25, 0.3) is 0 Å². The molecule has 2 N–H and O–H groups in total. The van der Waals surface area contributed by atoms with Crippen LogP contribution in [-0.4, -0.2) is 35.5 Å². The molecule has 1 aromatic heterocycles. The van der Waals surface area contributed by atoms with Gasteiger partial charge in [-0.1, -0.05) is 0 Å². The summed E-state index contributed by atoms with van der Waals surface area (Å²) in [6.45, 7) is 0.978. The van der Waals surface area contributed by atoms with Gasteiger partial charge in [-0.15, -0.1) is 0 Å². The molecule has 0 bridgehead atoms. The van der Waals surface area contributed by atoms with E-state index in [0.717, 1.165) is 5.69 Å². The normalized spacial score (nSPS) is 27.5. The molecule has 1 aliphatic rings. The molecule has 2 unspecified atom stereocenters. The van der Waals surface area contributed by atoms with E-state index in [0.29, 0.717) is 13.2 Å². The lowest BCUT2D eigenvalue weighted by molar-refractivity contribution is 0.125. The highest BCUT2D eigenvalue weighted by Gasteiger charge is 2.25. The Morgan fingerprint density at radius 2 is 2.15 bits per heavy atom. The second-order valence-electron chi connectivity index (χ2n) is 3.09. The first-order valence-corrected chi connectivity index (χ1v) is 4.28. The Bertz CT molecular complexity index is 266. The number of aliphatic hydroxyl groups excluding tert-OH is 1. The second-order valence-corrected chi connectivity index (χ2v) is 3.09. The summed E-state index contributed by atoms with van der Waals surface area (Å²) < 4.78 is 5.11. The number of aromatic nitrogens is 1. The van der Waals surface area contributed by atoms with E-state index in [9.17, 15) is 5.11 Å². The number of nitrogens with one attached hydrogen (secondary N) is 1. The van der Waals surface area contributed by atoms with Crippen molar-refractivity contribution in [2.24, 2.45) is 0 Å². The van der Waals surface area contributed by atoms with Crippen LogP contribution < -0.4 is 5.32 Å². The van der Waals surface area contributed by atoms with E-state index in [-0.39, 0.29) is 6.04 Å². The fourth-order valence-corrected chi connectivity index (χ4v) is 1.34. The molecule has 0 aliphatic carbocycles. The standard InChI is InChI=1S/C9H12N2O2/c12-9-6-13-5-8(9)11-7-1-3-10-4-2-7/h1-4,8-9,12H,5-6H2,(H,10,11). The summed E-state index contributed by atoms with van der Waals surface area (Å²) in [5.41, 5.74) is 0.963. The third-order valence-corrected chi connectivity index (χ3v) is 2.08. The third-order valence-electron chi connectivity index (χ3n) is 2.08. The van der Waals surface area contributed by atoms with Crippen molar-refractivity contribution in [1.82, 2.24) is 4.98 Å². The van der Waals surface area contributed by atoms with Gasteiger partial charge < -0.3 is 15.2 Å². The topological polar surface area (TPSA) is 54.4 Å². The van der Waals surface area contributed by atoms with E-state index in [1.54, 1.807) is 12.4 Å². The summed E-state index contributed by atoms with van der Waals surface area (Å²) in [5.74, 6) is 0. The Morgan fingerprint density at radius 3 is 2.77 bits per heavy atom. The van der Waals surface area contributed by atoms with Crippen LogP contribution in [0.15, 0.2) is 24.5 Å². The summed E-state index contributed by atoms with van der Waals surface area (Å²) in [6, 6.07) is 3.73. The van der Waals surface area contributed by atoms with Gasteiger partial charge in [-0.05, 0) is 12.1 Å². The van der Waals surface area contributed by atoms with Crippen molar-refractivity contribution in [3.8, 4) is 0 Å². The largest absolute Gasteiger partial charge is 0.388 e. The Kier molecular flexibility index (Phi) is 2.42. The van der Waals surface area contributed by atoms with Crippen LogP contribution >= 0.6 is 0 Å². The summed E-state index contributed by atoms with van der Waals surface area (Å²) in [6.07, 6.45) is 3.02. The highest BCUT2D eigenvalue weighted by Crippen LogP contribution is 2.12. The van der Waals surface area contributed by atoms with E-state index in [4.69, 9.17) is 4.74 Å². The zero-order valence-corrected chi connectivity index (χ0v) is 7.18. The Morgan fingerprint density at radius 1 is 1.38 bits per heavy atom. The van der Waals surface area contributed by atoms with Gasteiger partial charge in [0, 0.05) is 18.1 Å². The van der Waals surface area contributed by atoms with E-state index < -0.39 is 6.10 Å². The molecule has 2 atom stereocenters. The average molecular weight is 180 g/mol. The monoisotopic (exact) mass is 180 g/mol. The molecule has 4 heteroatoms. The van der Waals surface area contributed by atoms with Crippen LogP contribution in [0.4, 0.5) is 5.69 Å². The molecular weight excluding hydrogens is 168 g/mol. The lowest BCUT2D eigenvalue weighted by Crippen LogP contribution is -2.31. The maximum Gasteiger partial charge on any atom is 0.0996 e. The number of nitrogens with zero attached hydrogens (tertiary/aromatic N) is 1. The Hall–Kier alpha value is -1.13. The molecule has 2 heterocycles. The van der Waals surface area contributed by atoms with E-state index in [1.165, 1.54) is 0 Å². The molecule has 2 rings (SSSR count). The lowest BCUT2D eigenvalue weighted by atomic mass is 10.2. The number of anilines is 1. The van der Waals surface area contributed by atoms with Crippen molar-refractivity contribution >= 4 is 5.69 Å². The number of pyridine rings is 1. The van der Waals surface area contributed by atoms with Crippen LogP contribution in [0.3, 0.4) is 0 Å². The molecule has 1 aromatic rings. The van der Waals surface area contributed by atoms with Crippen molar-refractivity contribution in [2.75, 3.05) is 18.5 Å². The number of ether oxygens (including phenoxy) is 1. The first-order chi connectivity index (χ1) is 6.36. The summed E-state index contributed by atoms with van der Waals surface area (Å²) >= 11 is 0. The highest BCUT2D eigenvalue weighted by atomic mass is 16.5. The van der Waals surface area contributed by atoms with E-state index >= 15 is 0 Å². The SMILES string of the molecule is OC1COCC1Nc1ccncc1. The molecule has 0 radical (unpaired) electrons. The van der Waals surface area contributed by atoms with Gasteiger partial charge in [0.2, 0.25) is 0 Å². The van der Waals surface area contributed by atoms with Crippen LogP contribution in [0.5, 0.6) is 0 Å². The number of rotatable bonds is 2. The zero-order valence-electron chi connectivity index (χ0n) is 7.18. The third kappa shape index (κ3) is 1.96. The molecule has 4 nitrogen and oxygen atoms in total. The Balaban J connectivity index is 1.98. The average Bonchev–Trinajstić information content (AvgIpc) is 2.54. The van der Waals surface area contributed by atoms with Crippen LogP contribution in [0, 0.1) is 0 Å². The van der Waals surface area contributed by atoms with Crippen LogP contribution in [-0.2, 0) is 4.74 Å². The van der Waals surface area contributed by atoms with Gasteiger partial charge in [0.25, 0.3) is 0 Å². The predicted molar refractivity (Wildman–Crippen MR) is 48.5 cm³/mol. The minimum Gasteiger partial charge on any atom is -0.388 e. The fourth-order valence-electron chi connectivity index (χ4n) is 1.34. The first-order valence-electron chi connectivity index (χ1n) is 4.28. The zero-order chi connectivity index (χ0) is 9.10. The van der Waals surface area contributed by atoms with Crippen molar-refractivity contribution in [2.45, 2.75) is 12.1 Å². The van der Waals surface area contributed by atoms with Crippen molar-refractivity contribution in [3.05, 3.63) is 24.5 Å². The second kappa shape index (κ2) is 3.72. The quantitative estimate of drug-likeness (QED) is 0.685. The summed E-state index contributed by atoms with van der Waals surface area (Å²) in [7, 11) is 0. The van der Waals surface area contributed by atoms with E-state index in [2.05, 4.69) is 10.3 Å². The van der Waals surface area contributed by atoms with Crippen LogP contribution in [0.2, 0.25) is 0 Å². The van der Waals surface area contributed by atoms with Crippen molar-refractivity contribution < 1.29 is 9.84 Å². The fraction of sp³-hybridized carbons (Fsp3) is 0.444. The van der Waals surface area contributed by atoms with Crippen molar-refractivity contribution in [1.29, 1.82) is 0 Å². The van der Waals surface area contributed by atoms with Gasteiger partial charge in [0.05, 0.1) is 25.4 Å². The van der Waals surface area contributed by atoms with Gasteiger partial charge in [0.15, 0.2) is 0 Å². The summed E-state index contributed by atoms with van der Waals surface area (Å²) in [5, 5.41) is 12.6. The predicted octanol–water partition coefficient (Wildman–Crippen LogP) is 0.253. The molecule has 0 spiro atoms. The minimum absolute atomic E-state index is 0.00222. The molecule has 1 fully saturated rings. The van der Waals surface area contributed by atoms with Gasteiger partial charge >= 0.3 is 0 Å². The maximum atomic E-state index is 9.45.